The SMILES string of the molecule is CCNCCCNCc1cc(Cl)ccc1OCc1ccc(F)cc1.Cl.Cl. The summed E-state index contributed by atoms with van der Waals surface area (Å²) in [7, 11) is 0. The molecule has 2 N–H and O–H groups in total. The maximum atomic E-state index is 12.9. The van der Waals surface area contributed by atoms with Crippen molar-refractivity contribution in [2.45, 2.75) is 26.5 Å². The fraction of sp³-hybridized carbons (Fsp3) is 0.368. The Morgan fingerprint density at radius 3 is 2.38 bits per heavy atom. The lowest BCUT2D eigenvalue weighted by Crippen LogP contribution is -2.21. The first kappa shape index (κ1) is 25.0. The Kier molecular flexibility index (Phi) is 13.5. The van der Waals surface area contributed by atoms with Crippen LogP contribution in [0.5, 0.6) is 5.75 Å². The van der Waals surface area contributed by atoms with Crippen molar-refractivity contribution >= 4 is 36.4 Å². The summed E-state index contributed by atoms with van der Waals surface area (Å²) < 4.78 is 18.8. The Morgan fingerprint density at radius 2 is 1.69 bits per heavy atom. The molecule has 0 spiro atoms. The second-order valence-electron chi connectivity index (χ2n) is 5.55. The van der Waals surface area contributed by atoms with Gasteiger partial charge in [-0.3, -0.25) is 0 Å². The van der Waals surface area contributed by atoms with E-state index in [0.717, 1.165) is 42.9 Å². The maximum Gasteiger partial charge on any atom is 0.124 e. The number of benzene rings is 2. The Bertz CT molecular complexity index is 627. The van der Waals surface area contributed by atoms with Gasteiger partial charge in [0.05, 0.1) is 0 Å². The van der Waals surface area contributed by atoms with Crippen molar-refractivity contribution in [1.82, 2.24) is 10.6 Å². The van der Waals surface area contributed by atoms with Crippen molar-refractivity contribution in [3.05, 3.63) is 64.4 Å². The molecule has 0 atom stereocenters. The van der Waals surface area contributed by atoms with E-state index in [2.05, 4.69) is 17.6 Å². The zero-order valence-electron chi connectivity index (χ0n) is 14.8. The monoisotopic (exact) mass is 422 g/mol. The molecule has 2 rings (SSSR count). The van der Waals surface area contributed by atoms with Crippen LogP contribution < -0.4 is 15.4 Å². The van der Waals surface area contributed by atoms with E-state index in [-0.39, 0.29) is 30.6 Å². The molecular formula is C19H26Cl3FN2O. The molecule has 0 aliphatic carbocycles. The van der Waals surface area contributed by atoms with Crippen molar-refractivity contribution in [3.63, 3.8) is 0 Å². The summed E-state index contributed by atoms with van der Waals surface area (Å²) in [6, 6.07) is 11.9. The third-order valence-corrected chi connectivity index (χ3v) is 3.84. The van der Waals surface area contributed by atoms with Crippen LogP contribution >= 0.6 is 36.4 Å². The van der Waals surface area contributed by atoms with Gasteiger partial charge in [0.2, 0.25) is 0 Å². The first-order valence-corrected chi connectivity index (χ1v) is 8.64. The summed E-state index contributed by atoms with van der Waals surface area (Å²) in [5, 5.41) is 7.39. The molecule has 0 bridgehead atoms. The predicted octanol–water partition coefficient (Wildman–Crippen LogP) is 4.99. The third-order valence-electron chi connectivity index (χ3n) is 3.60. The molecule has 0 aliphatic rings. The number of hydrogen-bond donors (Lipinski definition) is 2. The Labute approximate surface area is 172 Å². The van der Waals surface area contributed by atoms with Crippen LogP contribution in [-0.4, -0.2) is 19.6 Å². The van der Waals surface area contributed by atoms with Gasteiger partial charge in [0.15, 0.2) is 0 Å². The van der Waals surface area contributed by atoms with Gasteiger partial charge >= 0.3 is 0 Å². The fourth-order valence-corrected chi connectivity index (χ4v) is 2.50. The Morgan fingerprint density at radius 1 is 1.00 bits per heavy atom. The maximum absolute atomic E-state index is 12.9. The molecule has 0 amide bonds. The first-order chi connectivity index (χ1) is 11.7. The quantitative estimate of drug-likeness (QED) is 0.528. The van der Waals surface area contributed by atoms with E-state index in [1.54, 1.807) is 12.1 Å². The summed E-state index contributed by atoms with van der Waals surface area (Å²) in [5.41, 5.74) is 1.95. The molecule has 7 heteroatoms. The summed E-state index contributed by atoms with van der Waals surface area (Å²) in [4.78, 5) is 0. The highest BCUT2D eigenvalue weighted by Gasteiger charge is 2.05. The van der Waals surface area contributed by atoms with Crippen LogP contribution in [0.4, 0.5) is 4.39 Å². The van der Waals surface area contributed by atoms with Crippen LogP contribution in [0.15, 0.2) is 42.5 Å². The van der Waals surface area contributed by atoms with Crippen LogP contribution in [0.2, 0.25) is 5.02 Å². The Balaban J connectivity index is 0.00000312. The molecular weight excluding hydrogens is 398 g/mol. The molecule has 0 aromatic heterocycles. The van der Waals surface area contributed by atoms with Crippen LogP contribution in [0.1, 0.15) is 24.5 Å². The van der Waals surface area contributed by atoms with E-state index in [0.29, 0.717) is 18.2 Å². The van der Waals surface area contributed by atoms with E-state index >= 15 is 0 Å². The molecule has 3 nitrogen and oxygen atoms in total. The van der Waals surface area contributed by atoms with Crippen molar-refractivity contribution in [2.24, 2.45) is 0 Å². The molecule has 0 aliphatic heterocycles. The van der Waals surface area contributed by atoms with E-state index in [9.17, 15) is 4.39 Å². The van der Waals surface area contributed by atoms with Crippen LogP contribution in [0, 0.1) is 5.82 Å². The normalized spacial score (nSPS) is 9.96. The van der Waals surface area contributed by atoms with Crippen LogP contribution in [0.3, 0.4) is 0 Å². The lowest BCUT2D eigenvalue weighted by atomic mass is 10.2. The zero-order chi connectivity index (χ0) is 17.2. The molecule has 0 heterocycles. The summed E-state index contributed by atoms with van der Waals surface area (Å²) in [6.45, 7) is 6.13. The smallest absolute Gasteiger partial charge is 0.124 e. The summed E-state index contributed by atoms with van der Waals surface area (Å²) in [5.74, 6) is 0.551. The minimum atomic E-state index is -0.243. The van der Waals surface area contributed by atoms with Gasteiger partial charge in [-0.25, -0.2) is 4.39 Å². The minimum absolute atomic E-state index is 0. The van der Waals surface area contributed by atoms with Crippen molar-refractivity contribution < 1.29 is 9.13 Å². The number of rotatable bonds is 10. The van der Waals surface area contributed by atoms with Gasteiger partial charge in [0, 0.05) is 17.1 Å². The molecule has 0 saturated heterocycles. The molecule has 2 aromatic rings. The average Bonchev–Trinajstić information content (AvgIpc) is 2.58. The van der Waals surface area contributed by atoms with Crippen LogP contribution in [-0.2, 0) is 13.2 Å². The molecule has 0 fully saturated rings. The van der Waals surface area contributed by atoms with Gasteiger partial charge < -0.3 is 15.4 Å². The molecule has 2 aromatic carbocycles. The van der Waals surface area contributed by atoms with E-state index < -0.39 is 0 Å². The first-order valence-electron chi connectivity index (χ1n) is 8.26. The van der Waals surface area contributed by atoms with Gasteiger partial charge in [-0.1, -0.05) is 30.7 Å². The van der Waals surface area contributed by atoms with Crippen molar-refractivity contribution in [1.29, 1.82) is 0 Å². The number of hydrogen-bond acceptors (Lipinski definition) is 3. The number of nitrogens with one attached hydrogen (secondary N) is 2. The van der Waals surface area contributed by atoms with E-state index in [1.807, 2.05) is 18.2 Å². The topological polar surface area (TPSA) is 33.3 Å². The standard InChI is InChI=1S/C19H24ClFN2O.2ClH/c1-2-22-10-3-11-23-13-16-12-17(20)6-9-19(16)24-14-15-4-7-18(21)8-5-15;;/h4-9,12,22-23H,2-3,10-11,13-14H2,1H3;2*1H. The van der Waals surface area contributed by atoms with E-state index in [1.165, 1.54) is 12.1 Å². The molecule has 26 heavy (non-hydrogen) atoms. The highest BCUT2D eigenvalue weighted by molar-refractivity contribution is 6.30. The number of ether oxygens (including phenoxy) is 1. The Hall–Kier alpha value is -1.04. The van der Waals surface area contributed by atoms with Crippen molar-refractivity contribution in [2.75, 3.05) is 19.6 Å². The third kappa shape index (κ3) is 9.06. The average molecular weight is 424 g/mol. The van der Waals surface area contributed by atoms with Gasteiger partial charge in [-0.15, -0.1) is 24.8 Å². The summed E-state index contributed by atoms with van der Waals surface area (Å²) in [6.07, 6.45) is 1.07. The molecule has 0 radical (unpaired) electrons. The van der Waals surface area contributed by atoms with Crippen LogP contribution in [0.25, 0.3) is 0 Å². The minimum Gasteiger partial charge on any atom is -0.489 e. The van der Waals surface area contributed by atoms with Gasteiger partial charge in [-0.2, -0.15) is 0 Å². The lowest BCUT2D eigenvalue weighted by Gasteiger charge is -2.13. The van der Waals surface area contributed by atoms with Gasteiger partial charge in [0.25, 0.3) is 0 Å². The zero-order valence-corrected chi connectivity index (χ0v) is 17.2. The van der Waals surface area contributed by atoms with Crippen molar-refractivity contribution in [3.8, 4) is 5.75 Å². The summed E-state index contributed by atoms with van der Waals surface area (Å²) >= 11 is 6.10. The highest BCUT2D eigenvalue weighted by Crippen LogP contribution is 2.24. The van der Waals surface area contributed by atoms with E-state index in [4.69, 9.17) is 16.3 Å². The van der Waals surface area contributed by atoms with Gasteiger partial charge in [-0.05, 0) is 62.0 Å². The second kappa shape index (κ2) is 14.1. The molecule has 0 unspecified atom stereocenters. The highest BCUT2D eigenvalue weighted by atomic mass is 35.5. The second-order valence-corrected chi connectivity index (χ2v) is 5.99. The van der Waals surface area contributed by atoms with Gasteiger partial charge in [0.1, 0.15) is 18.2 Å². The fourth-order valence-electron chi connectivity index (χ4n) is 2.31. The number of halogens is 4. The molecule has 146 valence electrons. The lowest BCUT2D eigenvalue weighted by molar-refractivity contribution is 0.302. The largest absolute Gasteiger partial charge is 0.489 e. The predicted molar refractivity (Wildman–Crippen MR) is 112 cm³/mol. The molecule has 0 saturated carbocycles.